The maximum absolute atomic E-state index is 12.5. The van der Waals surface area contributed by atoms with E-state index in [1.165, 1.54) is 25.4 Å². The number of aryl methyl sites for hydroxylation is 1. The molecule has 2 aliphatic rings. The van der Waals surface area contributed by atoms with E-state index >= 15 is 0 Å². The summed E-state index contributed by atoms with van der Waals surface area (Å²) in [5.41, 5.74) is 1.81. The van der Waals surface area contributed by atoms with E-state index in [0.29, 0.717) is 35.2 Å². The molecule has 1 N–H and O–H groups in total. The van der Waals surface area contributed by atoms with Gasteiger partial charge in [-0.1, -0.05) is 17.7 Å². The Hall–Kier alpha value is -4.27. The molecule has 2 aromatic rings. The van der Waals surface area contributed by atoms with Crippen molar-refractivity contribution in [2.45, 2.75) is 13.8 Å². The molecule has 0 aromatic heterocycles. The molecule has 0 atom stereocenters. The molecule has 0 unspecified atom stereocenters. The van der Waals surface area contributed by atoms with E-state index in [0.717, 1.165) is 11.3 Å². The number of nitrogens with one attached hydrogen (secondary N) is 1. The van der Waals surface area contributed by atoms with Gasteiger partial charge in [-0.3, -0.25) is 10.2 Å². The maximum Gasteiger partial charge on any atom is 0.282 e. The number of ether oxygens (including phenoxy) is 4. The van der Waals surface area contributed by atoms with Crippen LogP contribution in [-0.4, -0.2) is 50.1 Å². The van der Waals surface area contributed by atoms with Crippen LogP contribution in [0.5, 0.6) is 23.0 Å². The first-order valence-electron chi connectivity index (χ1n) is 10.6. The highest BCUT2D eigenvalue weighted by Crippen LogP contribution is 2.39. The van der Waals surface area contributed by atoms with E-state index in [2.05, 4.69) is 4.99 Å². The number of methoxy groups -OCH3 is 2. The first-order chi connectivity index (χ1) is 16.4. The van der Waals surface area contributed by atoms with Gasteiger partial charge in [-0.05, 0) is 49.8 Å². The number of hydroxylamine groups is 2. The summed E-state index contributed by atoms with van der Waals surface area (Å²) in [5.74, 6) is 2.20. The number of rotatable bonds is 8. The molecule has 34 heavy (non-hydrogen) atoms. The minimum absolute atomic E-state index is 0.0797. The minimum Gasteiger partial charge on any atom is -0.493 e. The monoisotopic (exact) mass is 463 g/mol. The van der Waals surface area contributed by atoms with Gasteiger partial charge in [-0.15, -0.1) is 5.06 Å². The van der Waals surface area contributed by atoms with Crippen molar-refractivity contribution in [3.05, 3.63) is 64.9 Å². The lowest BCUT2D eigenvalue weighted by Gasteiger charge is -2.23. The number of fused-ring (bicyclic) bond motifs is 1. The zero-order valence-electron chi connectivity index (χ0n) is 19.4. The molecule has 2 heterocycles. The summed E-state index contributed by atoms with van der Waals surface area (Å²) in [7, 11) is 3.02. The van der Waals surface area contributed by atoms with Crippen LogP contribution in [0.2, 0.25) is 0 Å². The van der Waals surface area contributed by atoms with Crippen LogP contribution in [-0.2, 0) is 9.63 Å². The largest absolute Gasteiger partial charge is 0.493 e. The van der Waals surface area contributed by atoms with Gasteiger partial charge in [0, 0.05) is 6.08 Å². The van der Waals surface area contributed by atoms with Crippen molar-refractivity contribution in [2.24, 2.45) is 4.99 Å². The van der Waals surface area contributed by atoms with Crippen molar-refractivity contribution in [2.75, 3.05) is 27.4 Å². The van der Waals surface area contributed by atoms with E-state index in [9.17, 15) is 4.79 Å². The Balaban J connectivity index is 1.51. The van der Waals surface area contributed by atoms with E-state index < -0.39 is 5.91 Å². The van der Waals surface area contributed by atoms with Crippen LogP contribution >= 0.6 is 0 Å². The van der Waals surface area contributed by atoms with Crippen molar-refractivity contribution >= 4 is 23.7 Å². The highest BCUT2D eigenvalue weighted by Gasteiger charge is 2.34. The van der Waals surface area contributed by atoms with Crippen molar-refractivity contribution in [3.63, 3.8) is 0 Å². The highest BCUT2D eigenvalue weighted by atomic mass is 16.7. The van der Waals surface area contributed by atoms with Crippen LogP contribution in [0.1, 0.15) is 18.1 Å². The van der Waals surface area contributed by atoms with Crippen molar-refractivity contribution < 1.29 is 28.6 Å². The first kappa shape index (κ1) is 22.9. The number of nitrogens with zero attached hydrogens (tertiary/aromatic N) is 2. The summed E-state index contributed by atoms with van der Waals surface area (Å²) < 4.78 is 22.6. The molecule has 176 valence electrons. The summed E-state index contributed by atoms with van der Waals surface area (Å²) >= 11 is 0. The molecule has 0 radical (unpaired) electrons. The van der Waals surface area contributed by atoms with Crippen molar-refractivity contribution in [1.82, 2.24) is 5.06 Å². The molecule has 4 rings (SSSR count). The minimum atomic E-state index is -0.530. The number of benzene rings is 2. The normalized spacial score (nSPS) is 16.0. The molecule has 1 amide bonds. The molecule has 9 nitrogen and oxygen atoms in total. The van der Waals surface area contributed by atoms with Crippen LogP contribution in [0.25, 0.3) is 6.08 Å². The average Bonchev–Trinajstić information content (AvgIpc) is 3.20. The van der Waals surface area contributed by atoms with Gasteiger partial charge in [-0.2, -0.15) is 4.99 Å². The summed E-state index contributed by atoms with van der Waals surface area (Å²) in [6.07, 6.45) is 3.14. The van der Waals surface area contributed by atoms with Gasteiger partial charge < -0.3 is 23.8 Å². The molecule has 0 spiro atoms. The number of hydrogen-bond acceptors (Lipinski definition) is 7. The lowest BCUT2D eigenvalue weighted by molar-refractivity contribution is -0.114. The molecule has 0 saturated carbocycles. The lowest BCUT2D eigenvalue weighted by atomic mass is 10.1. The molecule has 0 aliphatic carbocycles. The number of carbonyl (C=O) groups is 1. The Labute approximate surface area is 197 Å². The number of carbonyl (C=O) groups excluding carboxylic acids is 1. The molecule has 9 heteroatoms. The second-order valence-corrected chi connectivity index (χ2v) is 7.59. The van der Waals surface area contributed by atoms with Gasteiger partial charge in [-0.25, -0.2) is 0 Å². The van der Waals surface area contributed by atoms with Crippen LogP contribution in [0.3, 0.4) is 0 Å². The van der Waals surface area contributed by atoms with E-state index in [1.807, 2.05) is 31.2 Å². The SMILES string of the molecule is COc1cc(/C=C2/C(=N)N3OC(C)=CC3=NC2=O)cc(OC)c1OCCOc1ccc(C)cc1. The van der Waals surface area contributed by atoms with Gasteiger partial charge in [0.1, 0.15) is 24.7 Å². The third-order valence-electron chi connectivity index (χ3n) is 5.09. The van der Waals surface area contributed by atoms with Gasteiger partial charge in [0.15, 0.2) is 23.2 Å². The maximum atomic E-state index is 12.5. The van der Waals surface area contributed by atoms with Crippen LogP contribution < -0.4 is 18.9 Å². The van der Waals surface area contributed by atoms with Gasteiger partial charge in [0.25, 0.3) is 5.91 Å². The third-order valence-corrected chi connectivity index (χ3v) is 5.09. The molecular weight excluding hydrogens is 438 g/mol. The number of amidine groups is 2. The van der Waals surface area contributed by atoms with Gasteiger partial charge in [0.05, 0.1) is 19.8 Å². The Bertz CT molecular complexity index is 1190. The second-order valence-electron chi connectivity index (χ2n) is 7.59. The van der Waals surface area contributed by atoms with Crippen molar-refractivity contribution in [3.8, 4) is 23.0 Å². The van der Waals surface area contributed by atoms with E-state index in [-0.39, 0.29) is 23.9 Å². The summed E-state index contributed by atoms with van der Waals surface area (Å²) in [6.45, 7) is 4.33. The predicted molar refractivity (Wildman–Crippen MR) is 127 cm³/mol. The number of aliphatic imine (C=N–C) groups is 1. The molecule has 0 saturated heterocycles. The Morgan fingerprint density at radius 1 is 1.03 bits per heavy atom. The fraction of sp³-hybridized carbons (Fsp3) is 0.240. The third kappa shape index (κ3) is 4.73. The zero-order chi connectivity index (χ0) is 24.2. The van der Waals surface area contributed by atoms with Crippen molar-refractivity contribution in [1.29, 1.82) is 5.41 Å². The Kier molecular flexibility index (Phi) is 6.53. The smallest absolute Gasteiger partial charge is 0.282 e. The quantitative estimate of drug-likeness (QED) is 0.468. The molecule has 2 aromatic carbocycles. The number of allylic oxidation sites excluding steroid dienone is 1. The first-order valence-corrected chi connectivity index (χ1v) is 10.6. The standard InChI is InChI=1S/C25H25N3O6/c1-15-5-7-18(8-6-15)32-9-10-33-23-20(30-3)13-17(14-21(23)31-4)12-19-24(26)28-22(27-25(19)29)11-16(2)34-28/h5-8,11-14,26H,9-10H2,1-4H3/b19-12-,26-24?. The predicted octanol–water partition coefficient (Wildman–Crippen LogP) is 3.92. The van der Waals surface area contributed by atoms with E-state index in [4.69, 9.17) is 29.2 Å². The number of amides is 1. The van der Waals surface area contributed by atoms with E-state index in [1.54, 1.807) is 25.1 Å². The molecular formula is C25H25N3O6. The fourth-order valence-electron chi connectivity index (χ4n) is 3.43. The van der Waals surface area contributed by atoms with Crippen LogP contribution in [0.15, 0.2) is 58.8 Å². The topological polar surface area (TPSA) is 103 Å². The van der Waals surface area contributed by atoms with Gasteiger partial charge >= 0.3 is 0 Å². The molecule has 0 fully saturated rings. The van der Waals surface area contributed by atoms with Crippen LogP contribution in [0.4, 0.5) is 0 Å². The highest BCUT2D eigenvalue weighted by molar-refractivity contribution is 6.32. The Morgan fingerprint density at radius 3 is 2.32 bits per heavy atom. The molecule has 0 bridgehead atoms. The average molecular weight is 463 g/mol. The van der Waals surface area contributed by atoms with Gasteiger partial charge in [0.2, 0.25) is 5.75 Å². The molecule has 2 aliphatic heterocycles. The second kappa shape index (κ2) is 9.70. The van der Waals surface area contributed by atoms with Crippen LogP contribution in [0, 0.1) is 12.3 Å². The summed E-state index contributed by atoms with van der Waals surface area (Å²) in [4.78, 5) is 22.0. The fourth-order valence-corrected chi connectivity index (χ4v) is 3.43. The number of hydrogen-bond donors (Lipinski definition) is 1. The summed E-state index contributed by atoms with van der Waals surface area (Å²) in [6, 6.07) is 11.2. The summed E-state index contributed by atoms with van der Waals surface area (Å²) in [5, 5.41) is 9.58. The Morgan fingerprint density at radius 2 is 1.68 bits per heavy atom. The lowest BCUT2D eigenvalue weighted by Crippen LogP contribution is -2.38. The zero-order valence-corrected chi connectivity index (χ0v) is 19.4.